The number of amides is 1. The molecule has 1 unspecified atom stereocenters. The summed E-state index contributed by atoms with van der Waals surface area (Å²) in [6.07, 6.45) is 0.531. The van der Waals surface area contributed by atoms with Crippen LogP contribution < -0.4 is 5.32 Å². The molecule has 5 heteroatoms. The smallest absolute Gasteiger partial charge is 0.232 e. The molecule has 0 fully saturated rings. The molecule has 4 nitrogen and oxygen atoms in total. The van der Waals surface area contributed by atoms with Crippen molar-refractivity contribution in [1.29, 1.82) is 0 Å². The largest absolute Gasteiger partial charge is 0.359 e. The maximum absolute atomic E-state index is 12.1. The summed E-state index contributed by atoms with van der Waals surface area (Å²) in [6, 6.07) is 7.29. The van der Waals surface area contributed by atoms with Gasteiger partial charge in [-0.1, -0.05) is 28.9 Å². The van der Waals surface area contributed by atoms with Gasteiger partial charge in [-0.05, 0) is 24.6 Å². The summed E-state index contributed by atoms with van der Waals surface area (Å²) in [5.74, 6) is 0.449. The fourth-order valence-corrected chi connectivity index (χ4v) is 2.29. The Balaban J connectivity index is 1.96. The standard InChI is InChI=1S/C13H11ClN2O2/c1-7-12-11(18-16-7)6-10(13(17)15-12)8-2-4-9(14)5-3-8/h2-5,10H,6H2,1H3,(H,15,17). The third-order valence-electron chi connectivity index (χ3n) is 3.16. The van der Waals surface area contributed by atoms with Gasteiger partial charge in [0.1, 0.15) is 11.4 Å². The van der Waals surface area contributed by atoms with Crippen LogP contribution in [0.5, 0.6) is 0 Å². The van der Waals surface area contributed by atoms with Gasteiger partial charge < -0.3 is 9.84 Å². The lowest BCUT2D eigenvalue weighted by Crippen LogP contribution is -2.27. The van der Waals surface area contributed by atoms with Crippen LogP contribution in [0.4, 0.5) is 5.69 Å². The molecule has 3 rings (SSSR count). The Labute approximate surface area is 109 Å². The molecule has 1 atom stereocenters. The Kier molecular flexibility index (Phi) is 2.59. The van der Waals surface area contributed by atoms with Gasteiger partial charge in [-0.25, -0.2) is 0 Å². The molecule has 1 aromatic carbocycles. The zero-order chi connectivity index (χ0) is 12.7. The normalized spacial score (nSPS) is 18.3. The van der Waals surface area contributed by atoms with E-state index in [1.165, 1.54) is 0 Å². The van der Waals surface area contributed by atoms with Gasteiger partial charge in [-0.2, -0.15) is 0 Å². The van der Waals surface area contributed by atoms with Crippen molar-refractivity contribution in [2.75, 3.05) is 5.32 Å². The second kappa shape index (κ2) is 4.14. The van der Waals surface area contributed by atoms with E-state index < -0.39 is 0 Å². The molecule has 2 heterocycles. The molecule has 2 aromatic rings. The van der Waals surface area contributed by atoms with E-state index in [0.29, 0.717) is 22.8 Å². The van der Waals surface area contributed by atoms with Crippen molar-refractivity contribution in [2.24, 2.45) is 0 Å². The lowest BCUT2D eigenvalue weighted by Gasteiger charge is -2.21. The van der Waals surface area contributed by atoms with Gasteiger partial charge in [0.05, 0.1) is 5.92 Å². The molecule has 0 bridgehead atoms. The van der Waals surface area contributed by atoms with E-state index in [9.17, 15) is 4.79 Å². The highest BCUT2D eigenvalue weighted by Crippen LogP contribution is 2.33. The van der Waals surface area contributed by atoms with E-state index in [4.69, 9.17) is 16.1 Å². The molecule has 1 amide bonds. The van der Waals surface area contributed by atoms with E-state index in [2.05, 4.69) is 10.5 Å². The number of hydrogen-bond donors (Lipinski definition) is 1. The number of rotatable bonds is 1. The maximum atomic E-state index is 12.1. The van der Waals surface area contributed by atoms with Gasteiger partial charge in [0.15, 0.2) is 5.76 Å². The number of nitrogens with zero attached hydrogens (tertiary/aromatic N) is 1. The average molecular weight is 263 g/mol. The monoisotopic (exact) mass is 262 g/mol. The molecule has 0 aliphatic carbocycles. The van der Waals surface area contributed by atoms with E-state index in [1.54, 1.807) is 12.1 Å². The number of benzene rings is 1. The Morgan fingerprint density at radius 3 is 2.83 bits per heavy atom. The van der Waals surface area contributed by atoms with Crippen molar-refractivity contribution in [2.45, 2.75) is 19.3 Å². The SMILES string of the molecule is Cc1noc2c1NC(=O)C(c1ccc(Cl)cc1)C2. The molecule has 1 aromatic heterocycles. The van der Waals surface area contributed by atoms with Gasteiger partial charge in [0.2, 0.25) is 5.91 Å². The van der Waals surface area contributed by atoms with Crippen LogP contribution in [0.2, 0.25) is 5.02 Å². The topological polar surface area (TPSA) is 55.1 Å². The number of hydrogen-bond acceptors (Lipinski definition) is 3. The Morgan fingerprint density at radius 2 is 2.11 bits per heavy atom. The van der Waals surface area contributed by atoms with Crippen LogP contribution in [-0.2, 0) is 11.2 Å². The number of carbonyl (C=O) groups excluding carboxylic acids is 1. The van der Waals surface area contributed by atoms with Crippen LogP contribution in [0.3, 0.4) is 0 Å². The molecule has 92 valence electrons. The highest BCUT2D eigenvalue weighted by Gasteiger charge is 2.31. The van der Waals surface area contributed by atoms with Crippen LogP contribution in [-0.4, -0.2) is 11.1 Å². The molecule has 1 aliphatic heterocycles. The van der Waals surface area contributed by atoms with Gasteiger partial charge in [-0.15, -0.1) is 0 Å². The zero-order valence-corrected chi connectivity index (χ0v) is 10.5. The van der Waals surface area contributed by atoms with Crippen LogP contribution in [0.15, 0.2) is 28.8 Å². The number of carbonyl (C=O) groups is 1. The quantitative estimate of drug-likeness (QED) is 0.860. The van der Waals surface area contributed by atoms with Gasteiger partial charge >= 0.3 is 0 Å². The predicted octanol–water partition coefficient (Wildman–Crippen LogP) is 2.91. The summed E-state index contributed by atoms with van der Waals surface area (Å²) >= 11 is 5.84. The second-order valence-electron chi connectivity index (χ2n) is 4.36. The summed E-state index contributed by atoms with van der Waals surface area (Å²) in [6.45, 7) is 1.81. The first-order chi connectivity index (χ1) is 8.65. The lowest BCUT2D eigenvalue weighted by molar-refractivity contribution is -0.118. The van der Waals surface area contributed by atoms with Crippen molar-refractivity contribution in [3.63, 3.8) is 0 Å². The molecule has 1 aliphatic rings. The fraction of sp³-hybridized carbons (Fsp3) is 0.231. The highest BCUT2D eigenvalue weighted by molar-refractivity contribution is 6.30. The third kappa shape index (κ3) is 1.78. The molecule has 0 radical (unpaired) electrons. The number of aromatic nitrogens is 1. The summed E-state index contributed by atoms with van der Waals surface area (Å²) in [5.41, 5.74) is 2.36. The van der Waals surface area contributed by atoms with E-state index in [-0.39, 0.29) is 11.8 Å². The van der Waals surface area contributed by atoms with Crippen molar-refractivity contribution < 1.29 is 9.32 Å². The maximum Gasteiger partial charge on any atom is 0.232 e. The zero-order valence-electron chi connectivity index (χ0n) is 9.74. The summed E-state index contributed by atoms with van der Waals surface area (Å²) in [7, 11) is 0. The predicted molar refractivity (Wildman–Crippen MR) is 67.8 cm³/mol. The number of fused-ring (bicyclic) bond motifs is 1. The summed E-state index contributed by atoms with van der Waals surface area (Å²) in [5, 5.41) is 7.37. The number of anilines is 1. The highest BCUT2D eigenvalue weighted by atomic mass is 35.5. The van der Waals surface area contributed by atoms with Crippen LogP contribution >= 0.6 is 11.6 Å². The fourth-order valence-electron chi connectivity index (χ4n) is 2.17. The first-order valence-corrected chi connectivity index (χ1v) is 6.04. The number of nitrogens with one attached hydrogen (secondary N) is 1. The van der Waals surface area contributed by atoms with E-state index in [0.717, 1.165) is 11.3 Å². The van der Waals surface area contributed by atoms with Gasteiger partial charge in [0.25, 0.3) is 0 Å². The Bertz CT molecular complexity index is 604. The molecular weight excluding hydrogens is 252 g/mol. The van der Waals surface area contributed by atoms with Crippen molar-refractivity contribution in [3.8, 4) is 0 Å². The number of aryl methyl sites for hydroxylation is 1. The van der Waals surface area contributed by atoms with Crippen molar-refractivity contribution in [3.05, 3.63) is 46.3 Å². The molecule has 0 saturated carbocycles. The molecule has 1 N–H and O–H groups in total. The van der Waals surface area contributed by atoms with Crippen LogP contribution in [0.25, 0.3) is 0 Å². The first-order valence-electron chi connectivity index (χ1n) is 5.66. The summed E-state index contributed by atoms with van der Waals surface area (Å²) in [4.78, 5) is 12.1. The third-order valence-corrected chi connectivity index (χ3v) is 3.41. The minimum atomic E-state index is -0.248. The minimum absolute atomic E-state index is 0.0314. The molecular formula is C13H11ClN2O2. The van der Waals surface area contributed by atoms with Gasteiger partial charge in [-0.3, -0.25) is 4.79 Å². The summed E-state index contributed by atoms with van der Waals surface area (Å²) < 4.78 is 5.22. The average Bonchev–Trinajstić information content (AvgIpc) is 2.71. The van der Waals surface area contributed by atoms with Crippen molar-refractivity contribution >= 4 is 23.2 Å². The minimum Gasteiger partial charge on any atom is -0.359 e. The molecule has 0 saturated heterocycles. The lowest BCUT2D eigenvalue weighted by atomic mass is 9.90. The van der Waals surface area contributed by atoms with Crippen molar-refractivity contribution in [1.82, 2.24) is 5.16 Å². The molecule has 18 heavy (non-hydrogen) atoms. The van der Waals surface area contributed by atoms with E-state index >= 15 is 0 Å². The molecule has 0 spiro atoms. The van der Waals surface area contributed by atoms with Gasteiger partial charge in [0, 0.05) is 11.4 Å². The second-order valence-corrected chi connectivity index (χ2v) is 4.80. The number of halogens is 1. The van der Waals surface area contributed by atoms with E-state index in [1.807, 2.05) is 19.1 Å². The first kappa shape index (κ1) is 11.3. The Hall–Kier alpha value is -1.81. The van der Waals surface area contributed by atoms with Crippen LogP contribution in [0, 0.1) is 6.92 Å². The Morgan fingerprint density at radius 1 is 1.39 bits per heavy atom. The van der Waals surface area contributed by atoms with Crippen LogP contribution in [0.1, 0.15) is 22.9 Å².